The van der Waals surface area contributed by atoms with Gasteiger partial charge in [0.1, 0.15) is 11.9 Å². The highest BCUT2D eigenvalue weighted by molar-refractivity contribution is 7.07. The average Bonchev–Trinajstić information content (AvgIpc) is 2.98. The summed E-state index contributed by atoms with van der Waals surface area (Å²) in [5, 5.41) is 12.3. The SMILES string of the molecule is CN(Cc1cscn1)c1nc2ccccc2cc1C#N. The van der Waals surface area contributed by atoms with Crippen LogP contribution in [0.25, 0.3) is 10.9 Å². The van der Waals surface area contributed by atoms with E-state index in [-0.39, 0.29) is 0 Å². The van der Waals surface area contributed by atoms with E-state index in [0.717, 1.165) is 16.6 Å². The van der Waals surface area contributed by atoms with Crippen molar-refractivity contribution in [3.05, 3.63) is 52.5 Å². The van der Waals surface area contributed by atoms with Crippen molar-refractivity contribution in [2.75, 3.05) is 11.9 Å². The minimum atomic E-state index is 0.585. The molecule has 0 bridgehead atoms. The maximum atomic E-state index is 9.32. The van der Waals surface area contributed by atoms with Crippen molar-refractivity contribution < 1.29 is 0 Å². The summed E-state index contributed by atoms with van der Waals surface area (Å²) in [7, 11) is 1.93. The number of rotatable bonds is 3. The van der Waals surface area contributed by atoms with Gasteiger partial charge >= 0.3 is 0 Å². The second-order valence-corrected chi connectivity index (χ2v) is 5.22. The Kier molecular flexibility index (Phi) is 3.32. The zero-order chi connectivity index (χ0) is 13.9. The topological polar surface area (TPSA) is 52.8 Å². The van der Waals surface area contributed by atoms with Crippen molar-refractivity contribution in [2.24, 2.45) is 0 Å². The number of para-hydroxylation sites is 1. The van der Waals surface area contributed by atoms with Crippen LogP contribution in [-0.4, -0.2) is 17.0 Å². The number of aromatic nitrogens is 2. The molecule has 20 heavy (non-hydrogen) atoms. The summed E-state index contributed by atoms with van der Waals surface area (Å²) in [6.45, 7) is 0.642. The van der Waals surface area contributed by atoms with Gasteiger partial charge < -0.3 is 4.90 Å². The minimum absolute atomic E-state index is 0.585. The zero-order valence-corrected chi connectivity index (χ0v) is 11.8. The van der Waals surface area contributed by atoms with Crippen molar-refractivity contribution in [3.63, 3.8) is 0 Å². The summed E-state index contributed by atoms with van der Waals surface area (Å²) in [5.74, 6) is 0.694. The Morgan fingerprint density at radius 3 is 2.95 bits per heavy atom. The van der Waals surface area contributed by atoms with Gasteiger partial charge in [-0.05, 0) is 12.1 Å². The van der Waals surface area contributed by atoms with Gasteiger partial charge in [0.25, 0.3) is 0 Å². The molecule has 2 aromatic heterocycles. The van der Waals surface area contributed by atoms with Gasteiger partial charge in [-0.15, -0.1) is 11.3 Å². The molecule has 0 N–H and O–H groups in total. The highest BCUT2D eigenvalue weighted by atomic mass is 32.1. The van der Waals surface area contributed by atoms with Crippen LogP contribution in [-0.2, 0) is 6.54 Å². The molecular formula is C15H12N4S. The van der Waals surface area contributed by atoms with Crippen LogP contribution in [0.4, 0.5) is 5.82 Å². The molecule has 0 radical (unpaired) electrons. The summed E-state index contributed by atoms with van der Waals surface area (Å²) in [4.78, 5) is 10.8. The van der Waals surface area contributed by atoms with Crippen LogP contribution in [0.3, 0.4) is 0 Å². The molecule has 0 spiro atoms. The number of thiazole rings is 1. The number of nitriles is 1. The van der Waals surface area contributed by atoms with Crippen LogP contribution in [0.2, 0.25) is 0 Å². The van der Waals surface area contributed by atoms with Gasteiger partial charge in [-0.25, -0.2) is 9.97 Å². The summed E-state index contributed by atoms with van der Waals surface area (Å²) < 4.78 is 0. The minimum Gasteiger partial charge on any atom is -0.353 e. The normalized spacial score (nSPS) is 10.4. The van der Waals surface area contributed by atoms with Gasteiger partial charge in [-0.1, -0.05) is 18.2 Å². The van der Waals surface area contributed by atoms with E-state index in [1.807, 2.05) is 53.2 Å². The molecule has 4 nitrogen and oxygen atoms in total. The highest BCUT2D eigenvalue weighted by Gasteiger charge is 2.12. The lowest BCUT2D eigenvalue weighted by molar-refractivity contribution is 0.876. The molecule has 0 atom stereocenters. The molecule has 5 heteroatoms. The lowest BCUT2D eigenvalue weighted by Gasteiger charge is -2.18. The Morgan fingerprint density at radius 1 is 1.35 bits per heavy atom. The maximum absolute atomic E-state index is 9.32. The highest BCUT2D eigenvalue weighted by Crippen LogP contribution is 2.23. The van der Waals surface area contributed by atoms with Crippen LogP contribution >= 0.6 is 11.3 Å². The Labute approximate surface area is 120 Å². The number of fused-ring (bicyclic) bond motifs is 1. The fourth-order valence-electron chi connectivity index (χ4n) is 2.11. The monoisotopic (exact) mass is 280 g/mol. The fourth-order valence-corrected chi connectivity index (χ4v) is 2.66. The van der Waals surface area contributed by atoms with Crippen molar-refractivity contribution in [3.8, 4) is 6.07 Å². The van der Waals surface area contributed by atoms with E-state index in [9.17, 15) is 5.26 Å². The molecule has 2 heterocycles. The first-order valence-corrected chi connectivity index (χ1v) is 7.10. The molecule has 0 aliphatic rings. The summed E-state index contributed by atoms with van der Waals surface area (Å²) >= 11 is 1.57. The van der Waals surface area contributed by atoms with E-state index in [0.29, 0.717) is 17.9 Å². The summed E-state index contributed by atoms with van der Waals surface area (Å²) in [6, 6.07) is 11.9. The van der Waals surface area contributed by atoms with Crippen LogP contribution in [0.5, 0.6) is 0 Å². The first-order chi connectivity index (χ1) is 9.78. The molecular weight excluding hydrogens is 268 g/mol. The van der Waals surface area contributed by atoms with Gasteiger partial charge in [-0.3, -0.25) is 0 Å². The van der Waals surface area contributed by atoms with Crippen molar-refractivity contribution in [1.82, 2.24) is 9.97 Å². The largest absolute Gasteiger partial charge is 0.353 e. The standard InChI is InChI=1S/C15H12N4S/c1-19(8-13-9-20-10-17-13)15-12(7-16)6-11-4-2-3-5-14(11)18-15/h2-6,9-10H,8H2,1H3. The van der Waals surface area contributed by atoms with E-state index in [2.05, 4.69) is 16.0 Å². The molecule has 0 fully saturated rings. The lowest BCUT2D eigenvalue weighted by Crippen LogP contribution is -2.19. The fraction of sp³-hybridized carbons (Fsp3) is 0.133. The molecule has 0 unspecified atom stereocenters. The third-order valence-corrected chi connectivity index (χ3v) is 3.70. The molecule has 0 amide bonds. The van der Waals surface area contributed by atoms with Gasteiger partial charge in [0.05, 0.1) is 28.8 Å². The van der Waals surface area contributed by atoms with E-state index < -0.39 is 0 Å². The number of hydrogen-bond donors (Lipinski definition) is 0. The molecule has 0 aliphatic heterocycles. The molecule has 3 aromatic rings. The maximum Gasteiger partial charge on any atom is 0.147 e. The average molecular weight is 280 g/mol. The van der Waals surface area contributed by atoms with Gasteiger partial charge in [-0.2, -0.15) is 5.26 Å². The van der Waals surface area contributed by atoms with Crippen LogP contribution < -0.4 is 4.90 Å². The Bertz CT molecular complexity index is 774. The Hall–Kier alpha value is -2.45. The van der Waals surface area contributed by atoms with Crippen molar-refractivity contribution in [1.29, 1.82) is 5.26 Å². The first-order valence-electron chi connectivity index (χ1n) is 6.16. The predicted octanol–water partition coefficient (Wildman–Crippen LogP) is 3.20. The number of benzene rings is 1. The third kappa shape index (κ3) is 2.33. The number of pyridine rings is 1. The molecule has 0 saturated heterocycles. The summed E-state index contributed by atoms with van der Waals surface area (Å²) in [6.07, 6.45) is 0. The molecule has 3 rings (SSSR count). The van der Waals surface area contributed by atoms with Gasteiger partial charge in [0.2, 0.25) is 0 Å². The van der Waals surface area contributed by atoms with Gasteiger partial charge in [0, 0.05) is 17.8 Å². The number of anilines is 1. The zero-order valence-electron chi connectivity index (χ0n) is 10.9. The second-order valence-electron chi connectivity index (χ2n) is 4.50. The predicted molar refractivity (Wildman–Crippen MR) is 80.7 cm³/mol. The molecule has 0 aliphatic carbocycles. The summed E-state index contributed by atoms with van der Waals surface area (Å²) in [5.41, 5.74) is 4.27. The molecule has 1 aromatic carbocycles. The van der Waals surface area contributed by atoms with Crippen LogP contribution in [0, 0.1) is 11.3 Å². The van der Waals surface area contributed by atoms with Crippen LogP contribution in [0.1, 0.15) is 11.3 Å². The Morgan fingerprint density at radius 2 is 2.20 bits per heavy atom. The van der Waals surface area contributed by atoms with Crippen LogP contribution in [0.15, 0.2) is 41.2 Å². The molecule has 98 valence electrons. The van der Waals surface area contributed by atoms with E-state index in [4.69, 9.17) is 0 Å². The third-order valence-electron chi connectivity index (χ3n) is 3.07. The first kappa shape index (κ1) is 12.6. The molecule has 0 saturated carbocycles. The van der Waals surface area contributed by atoms with Gasteiger partial charge in [0.15, 0.2) is 0 Å². The number of nitrogens with zero attached hydrogens (tertiary/aromatic N) is 4. The van der Waals surface area contributed by atoms with E-state index in [1.54, 1.807) is 11.3 Å². The van der Waals surface area contributed by atoms with E-state index >= 15 is 0 Å². The quantitative estimate of drug-likeness (QED) is 0.739. The smallest absolute Gasteiger partial charge is 0.147 e. The number of hydrogen-bond acceptors (Lipinski definition) is 5. The van der Waals surface area contributed by atoms with Crippen molar-refractivity contribution in [2.45, 2.75) is 6.54 Å². The lowest BCUT2D eigenvalue weighted by atomic mass is 10.1. The van der Waals surface area contributed by atoms with Crippen molar-refractivity contribution >= 4 is 28.1 Å². The second kappa shape index (κ2) is 5.27. The van der Waals surface area contributed by atoms with E-state index in [1.165, 1.54) is 0 Å². The Balaban J connectivity index is 2.03.